The average Bonchev–Trinajstić information content (AvgIpc) is 3.34. The van der Waals surface area contributed by atoms with E-state index in [1.165, 1.54) is 45.0 Å². The van der Waals surface area contributed by atoms with Crippen LogP contribution >= 0.6 is 0 Å². The monoisotopic (exact) mass is 907 g/mol. The van der Waals surface area contributed by atoms with Gasteiger partial charge in [-0.15, -0.1) is 17.7 Å². The van der Waals surface area contributed by atoms with Crippen LogP contribution in [0.5, 0.6) is 0 Å². The fraction of sp³-hybridized carbons (Fsp3) is 0.442. The predicted octanol–water partition coefficient (Wildman–Crippen LogP) is 12.0. The number of hydrogen-bond acceptors (Lipinski definition) is 3. The van der Waals surface area contributed by atoms with Gasteiger partial charge in [0.05, 0.1) is 21.6 Å². The molecule has 3 aromatic carbocycles. The first-order valence-corrected chi connectivity index (χ1v) is 21.6. The second-order valence-electron chi connectivity index (χ2n) is 16.4. The van der Waals surface area contributed by atoms with Crippen LogP contribution in [0.3, 0.4) is 0 Å². The predicted molar refractivity (Wildman–Crippen MR) is 210 cm³/mol. The standard InChI is InChI=1S/C30H31N2Si.C13H21F3O2.Ir/c1-18-12-23-22-9-8-19(17-30(2,3)4)14-25(22)32-26-16-21(33(5,6)7)15-20-10-11-31-28(27(20)26)24(13-18)29(23)32;1-4-9(5-2)11(17)7-12(18)10(6-3)8-13(14,15)16;/h8-12,14-16H,17H2,1-7H3;7,9-10,17H,4-6,8H2,1-3H3;/q-1;;/b;11-7-;/i11D;;. The van der Waals surface area contributed by atoms with Crippen LogP contribution in [0.4, 0.5) is 13.2 Å². The molecule has 6 aromatic rings. The van der Waals surface area contributed by atoms with Crippen molar-refractivity contribution in [2.75, 3.05) is 0 Å². The molecule has 1 atom stereocenters. The third-order valence-electron chi connectivity index (χ3n) is 9.92. The number of benzene rings is 3. The van der Waals surface area contributed by atoms with Crippen LogP contribution in [-0.2, 0) is 31.3 Å². The topological polar surface area (TPSA) is 54.6 Å². The van der Waals surface area contributed by atoms with E-state index in [0.29, 0.717) is 19.0 Å². The zero-order valence-corrected chi connectivity index (χ0v) is 35.4. The number of carbonyl (C=O) groups is 1. The maximum Gasteiger partial charge on any atom is 0.389 e. The van der Waals surface area contributed by atoms with Crippen LogP contribution in [0.1, 0.15) is 79.7 Å². The molecule has 1 unspecified atom stereocenters. The van der Waals surface area contributed by atoms with E-state index in [2.05, 4.69) is 94.2 Å². The summed E-state index contributed by atoms with van der Waals surface area (Å²) < 4.78 is 47.7. The second kappa shape index (κ2) is 15.6. The normalized spacial score (nSPS) is 14.0. The number of fused-ring (bicyclic) bond motifs is 5. The first kappa shape index (κ1) is 39.9. The van der Waals surface area contributed by atoms with Gasteiger partial charge in [-0.3, -0.25) is 4.79 Å². The van der Waals surface area contributed by atoms with Crippen molar-refractivity contribution >= 4 is 68.0 Å². The molecule has 281 valence electrons. The first-order valence-electron chi connectivity index (χ1n) is 18.6. The SMILES string of the molecule is CCC(CC(F)(F)F)C(=O)/C=C(\O)C(CC)CC.[2H]c1cc2cc([Si](C)(C)C)cc3c2c(n1)c1[c-]c(C)cc2c4ccc(CC(C)(C)C)cc4n3c12.[Ir]. The van der Waals surface area contributed by atoms with Gasteiger partial charge in [0.15, 0.2) is 5.78 Å². The summed E-state index contributed by atoms with van der Waals surface area (Å²) in [6, 6.07) is 19.5. The molecule has 4 nitrogen and oxygen atoms in total. The van der Waals surface area contributed by atoms with Crippen molar-refractivity contribution in [1.29, 1.82) is 0 Å². The van der Waals surface area contributed by atoms with E-state index < -0.39 is 32.4 Å². The van der Waals surface area contributed by atoms with E-state index in [-0.39, 0.29) is 43.6 Å². The van der Waals surface area contributed by atoms with Crippen molar-refractivity contribution in [1.82, 2.24) is 9.38 Å². The van der Waals surface area contributed by atoms with E-state index in [1.807, 2.05) is 19.9 Å². The molecule has 52 heavy (non-hydrogen) atoms. The van der Waals surface area contributed by atoms with Gasteiger partial charge in [0.1, 0.15) is 0 Å². The number of aromatic nitrogens is 2. The molecule has 0 aliphatic heterocycles. The molecule has 6 rings (SSSR count). The molecule has 0 bridgehead atoms. The number of rotatable bonds is 9. The summed E-state index contributed by atoms with van der Waals surface area (Å²) in [7, 11) is -1.59. The minimum absolute atomic E-state index is 0. The molecular formula is C43H52F3IrN2O2Si-. The molecule has 0 saturated carbocycles. The van der Waals surface area contributed by atoms with Gasteiger partial charge in [-0.1, -0.05) is 102 Å². The summed E-state index contributed by atoms with van der Waals surface area (Å²) in [5, 5.41) is 16.9. The molecular weight excluding hydrogens is 854 g/mol. The van der Waals surface area contributed by atoms with Gasteiger partial charge >= 0.3 is 6.18 Å². The number of nitrogens with zero attached hydrogens (tertiary/aromatic N) is 2. The molecule has 1 radical (unpaired) electrons. The number of aryl methyl sites for hydroxylation is 1. The van der Waals surface area contributed by atoms with E-state index >= 15 is 0 Å². The third-order valence-corrected chi connectivity index (χ3v) is 11.9. The Morgan fingerprint density at radius 1 is 0.981 bits per heavy atom. The Hall–Kier alpha value is -3.26. The van der Waals surface area contributed by atoms with Gasteiger partial charge in [-0.25, -0.2) is 0 Å². The van der Waals surface area contributed by atoms with Crippen LogP contribution in [0.15, 0.2) is 60.5 Å². The van der Waals surface area contributed by atoms with Gasteiger partial charge < -0.3 is 14.5 Å². The Morgan fingerprint density at radius 3 is 2.21 bits per heavy atom. The van der Waals surface area contributed by atoms with Crippen LogP contribution < -0.4 is 5.19 Å². The largest absolute Gasteiger partial charge is 0.512 e. The van der Waals surface area contributed by atoms with Crippen LogP contribution in [0, 0.1) is 30.2 Å². The zero-order valence-electron chi connectivity index (χ0n) is 33.0. The fourth-order valence-electron chi connectivity index (χ4n) is 7.25. The van der Waals surface area contributed by atoms with Gasteiger partial charge in [0.2, 0.25) is 0 Å². The number of aliphatic hydroxyl groups excluding tert-OH is 1. The molecule has 0 saturated heterocycles. The molecule has 1 N–H and O–H groups in total. The molecule has 9 heteroatoms. The Balaban J connectivity index is 0.000000284. The number of allylic oxidation sites excluding steroid dienone is 2. The smallest absolute Gasteiger partial charge is 0.389 e. The Morgan fingerprint density at radius 2 is 1.63 bits per heavy atom. The number of pyridine rings is 2. The van der Waals surface area contributed by atoms with Crippen molar-refractivity contribution in [3.63, 3.8) is 0 Å². The Bertz CT molecular complexity index is 2300. The number of halogens is 3. The van der Waals surface area contributed by atoms with Gasteiger partial charge in [-0.05, 0) is 82.1 Å². The molecule has 3 aromatic heterocycles. The summed E-state index contributed by atoms with van der Waals surface area (Å²) in [5.74, 6) is -2.00. The second-order valence-corrected chi connectivity index (χ2v) is 21.4. The van der Waals surface area contributed by atoms with Crippen molar-refractivity contribution in [2.45, 2.75) is 106 Å². The summed E-state index contributed by atoms with van der Waals surface area (Å²) in [5.41, 5.74) is 7.23. The third kappa shape index (κ3) is 8.74. The van der Waals surface area contributed by atoms with Gasteiger partial charge in [0.25, 0.3) is 0 Å². The minimum Gasteiger partial charge on any atom is -0.512 e. The quantitative estimate of drug-likeness (QED) is 0.0393. The number of aliphatic hydroxyl groups is 1. The van der Waals surface area contributed by atoms with Crippen molar-refractivity contribution in [3.05, 3.63) is 77.7 Å². The van der Waals surface area contributed by atoms with Crippen molar-refractivity contribution in [2.24, 2.45) is 17.3 Å². The summed E-state index contributed by atoms with van der Waals surface area (Å²) >= 11 is 0. The van der Waals surface area contributed by atoms with Gasteiger partial charge in [0, 0.05) is 55.2 Å². The maximum absolute atomic E-state index is 12.2. The van der Waals surface area contributed by atoms with E-state index in [9.17, 15) is 23.1 Å². The van der Waals surface area contributed by atoms with Gasteiger partial charge in [-0.2, -0.15) is 13.2 Å². The summed E-state index contributed by atoms with van der Waals surface area (Å²) in [6.45, 7) is 21.4. The van der Waals surface area contributed by atoms with Crippen LogP contribution in [0.2, 0.25) is 19.6 Å². The number of ketones is 1. The van der Waals surface area contributed by atoms with E-state index in [0.717, 1.165) is 39.7 Å². The minimum atomic E-state index is -4.35. The number of hydrogen-bond donors (Lipinski definition) is 1. The summed E-state index contributed by atoms with van der Waals surface area (Å²) in [6.07, 6.45) is -1.73. The average molecular weight is 907 g/mol. The molecule has 0 aliphatic rings. The Kier molecular flexibility index (Phi) is 12.0. The van der Waals surface area contributed by atoms with Crippen molar-refractivity contribution < 1.29 is 44.5 Å². The number of carbonyl (C=O) groups excluding carboxylic acids is 1. The molecule has 0 amide bonds. The molecule has 3 heterocycles. The molecule has 0 fully saturated rings. The summed E-state index contributed by atoms with van der Waals surface area (Å²) in [4.78, 5) is 16.4. The fourth-order valence-corrected chi connectivity index (χ4v) is 8.41. The Labute approximate surface area is 322 Å². The van der Waals surface area contributed by atoms with Crippen LogP contribution in [-0.4, -0.2) is 34.5 Å². The van der Waals surface area contributed by atoms with E-state index in [4.69, 9.17) is 6.35 Å². The maximum atomic E-state index is 12.2. The first-order chi connectivity index (χ1) is 24.1. The van der Waals surface area contributed by atoms with Crippen LogP contribution in [0.25, 0.3) is 49.0 Å². The number of alkyl halides is 3. The molecule has 0 spiro atoms. The zero-order chi connectivity index (χ0) is 38.5. The molecule has 0 aliphatic carbocycles. The van der Waals surface area contributed by atoms with Crippen molar-refractivity contribution in [3.8, 4) is 0 Å². The van der Waals surface area contributed by atoms with E-state index in [1.54, 1.807) is 0 Å².